The number of anilines is 3. The summed E-state index contributed by atoms with van der Waals surface area (Å²) in [5, 5.41) is 3.08. The van der Waals surface area contributed by atoms with Crippen molar-refractivity contribution in [2.75, 3.05) is 41.3 Å². The zero-order valence-corrected chi connectivity index (χ0v) is 19.5. The summed E-state index contributed by atoms with van der Waals surface area (Å²) in [7, 11) is -2.29. The molecule has 0 fully saturated rings. The molecule has 172 valence electrons. The molecule has 1 aliphatic heterocycles. The van der Waals surface area contributed by atoms with E-state index in [2.05, 4.69) is 5.32 Å². The van der Waals surface area contributed by atoms with Crippen LogP contribution in [0.5, 0.6) is 5.75 Å². The normalized spacial score (nSPS) is 12.8. The Hall–Kier alpha value is -3.52. The number of carbonyl (C=O) groups is 1. The van der Waals surface area contributed by atoms with Crippen LogP contribution in [0, 0.1) is 0 Å². The number of fused-ring (bicyclic) bond motifs is 1. The third-order valence-corrected chi connectivity index (χ3v) is 7.61. The first-order chi connectivity index (χ1) is 16.0. The van der Waals surface area contributed by atoms with Gasteiger partial charge in [-0.2, -0.15) is 0 Å². The Morgan fingerprint density at radius 3 is 2.52 bits per heavy atom. The van der Waals surface area contributed by atoms with Crippen molar-refractivity contribution < 1.29 is 17.9 Å². The van der Waals surface area contributed by atoms with E-state index in [1.165, 1.54) is 23.5 Å². The largest absolute Gasteiger partial charge is 0.495 e. The minimum absolute atomic E-state index is 0.0182. The molecular weight excluding hydrogens is 438 g/mol. The van der Waals surface area contributed by atoms with E-state index in [0.717, 1.165) is 17.7 Å². The number of hydrogen-bond donors (Lipinski definition) is 1. The lowest BCUT2D eigenvalue weighted by Crippen LogP contribution is -2.34. The molecule has 0 saturated heterocycles. The predicted octanol–water partition coefficient (Wildman–Crippen LogP) is 3.91. The van der Waals surface area contributed by atoms with Gasteiger partial charge in [0.05, 0.1) is 29.9 Å². The molecule has 0 spiro atoms. The standard InChI is InChI=1S/C25H27N3O4S/c1-3-28(20-10-5-4-6-11-20)33(30,31)21-13-14-24(32-2)22(17-21)26-18-25(29)27-16-15-19-9-7-8-12-23(19)27/h4-14,17,26H,3,15-16,18H2,1-2H3. The number of ether oxygens (including phenoxy) is 1. The van der Waals surface area contributed by atoms with Gasteiger partial charge in [-0.05, 0) is 55.3 Å². The smallest absolute Gasteiger partial charge is 0.264 e. The van der Waals surface area contributed by atoms with Gasteiger partial charge in [0.15, 0.2) is 0 Å². The maximum Gasteiger partial charge on any atom is 0.264 e. The Kier molecular flexibility index (Phi) is 6.55. The number of amides is 1. The summed E-state index contributed by atoms with van der Waals surface area (Å²) < 4.78 is 33.5. The maximum absolute atomic E-state index is 13.4. The molecule has 0 unspecified atom stereocenters. The third kappa shape index (κ3) is 4.52. The summed E-state index contributed by atoms with van der Waals surface area (Å²) in [4.78, 5) is 14.8. The van der Waals surface area contributed by atoms with Gasteiger partial charge in [0, 0.05) is 18.8 Å². The van der Waals surface area contributed by atoms with Crippen LogP contribution in [0.25, 0.3) is 0 Å². The van der Waals surface area contributed by atoms with E-state index >= 15 is 0 Å². The predicted molar refractivity (Wildman–Crippen MR) is 131 cm³/mol. The fourth-order valence-corrected chi connectivity index (χ4v) is 5.56. The minimum atomic E-state index is -3.80. The van der Waals surface area contributed by atoms with Gasteiger partial charge in [-0.3, -0.25) is 9.10 Å². The first-order valence-electron chi connectivity index (χ1n) is 10.8. The first kappa shape index (κ1) is 22.7. The highest BCUT2D eigenvalue weighted by Gasteiger charge is 2.26. The molecule has 3 aromatic rings. The van der Waals surface area contributed by atoms with Crippen molar-refractivity contribution in [3.05, 3.63) is 78.4 Å². The molecule has 1 N–H and O–H groups in total. The van der Waals surface area contributed by atoms with E-state index in [1.54, 1.807) is 42.2 Å². The van der Waals surface area contributed by atoms with Crippen LogP contribution in [0.3, 0.4) is 0 Å². The second-order valence-corrected chi connectivity index (χ2v) is 9.51. The lowest BCUT2D eigenvalue weighted by molar-refractivity contribution is -0.116. The molecule has 1 heterocycles. The summed E-state index contributed by atoms with van der Waals surface area (Å²) >= 11 is 0. The van der Waals surface area contributed by atoms with Crippen LogP contribution in [0.4, 0.5) is 17.1 Å². The number of hydrogen-bond acceptors (Lipinski definition) is 5. The fraction of sp³-hybridized carbons (Fsp3) is 0.240. The lowest BCUT2D eigenvalue weighted by atomic mass is 10.2. The summed E-state index contributed by atoms with van der Waals surface area (Å²) in [6.45, 7) is 2.73. The Labute approximate surface area is 194 Å². The third-order valence-electron chi connectivity index (χ3n) is 5.71. The van der Waals surface area contributed by atoms with Gasteiger partial charge in [0.2, 0.25) is 5.91 Å². The van der Waals surface area contributed by atoms with E-state index in [-0.39, 0.29) is 23.9 Å². The van der Waals surface area contributed by atoms with Gasteiger partial charge in [0.25, 0.3) is 10.0 Å². The Morgan fingerprint density at radius 1 is 1.06 bits per heavy atom. The highest BCUT2D eigenvalue weighted by Crippen LogP contribution is 2.31. The van der Waals surface area contributed by atoms with Crippen LogP contribution in [0.2, 0.25) is 0 Å². The van der Waals surface area contributed by atoms with Gasteiger partial charge in [0.1, 0.15) is 5.75 Å². The van der Waals surface area contributed by atoms with Crippen LogP contribution in [0.1, 0.15) is 12.5 Å². The van der Waals surface area contributed by atoms with Crippen molar-refractivity contribution in [3.63, 3.8) is 0 Å². The molecule has 3 aromatic carbocycles. The highest BCUT2D eigenvalue weighted by atomic mass is 32.2. The second-order valence-electron chi connectivity index (χ2n) is 7.65. The first-order valence-corrected chi connectivity index (χ1v) is 12.3. The van der Waals surface area contributed by atoms with Gasteiger partial charge < -0.3 is 15.0 Å². The molecule has 1 amide bonds. The average Bonchev–Trinajstić information content (AvgIpc) is 3.27. The second kappa shape index (κ2) is 9.54. The van der Waals surface area contributed by atoms with Crippen LogP contribution in [0.15, 0.2) is 77.7 Å². The summed E-state index contributed by atoms with van der Waals surface area (Å²) in [5.41, 5.74) is 3.11. The van der Waals surface area contributed by atoms with Crippen LogP contribution >= 0.6 is 0 Å². The quantitative estimate of drug-likeness (QED) is 0.546. The molecule has 8 heteroatoms. The zero-order valence-electron chi connectivity index (χ0n) is 18.7. The molecule has 0 bridgehead atoms. The number of para-hydroxylation sites is 2. The summed E-state index contributed by atoms with van der Waals surface area (Å²) in [6, 6.07) is 21.5. The zero-order chi connectivity index (χ0) is 23.4. The van der Waals surface area contributed by atoms with Crippen molar-refractivity contribution in [1.82, 2.24) is 0 Å². The number of methoxy groups -OCH3 is 1. The molecule has 7 nitrogen and oxygen atoms in total. The van der Waals surface area contributed by atoms with Crippen molar-refractivity contribution in [2.24, 2.45) is 0 Å². The van der Waals surface area contributed by atoms with E-state index < -0.39 is 10.0 Å². The Balaban J connectivity index is 1.56. The van der Waals surface area contributed by atoms with Crippen molar-refractivity contribution in [2.45, 2.75) is 18.2 Å². The van der Waals surface area contributed by atoms with Crippen LogP contribution in [-0.2, 0) is 21.2 Å². The van der Waals surface area contributed by atoms with Gasteiger partial charge in [-0.25, -0.2) is 8.42 Å². The number of benzene rings is 3. The van der Waals surface area contributed by atoms with Crippen LogP contribution in [-0.4, -0.2) is 41.1 Å². The molecule has 0 saturated carbocycles. The van der Waals surface area contributed by atoms with Gasteiger partial charge >= 0.3 is 0 Å². The number of nitrogens with zero attached hydrogens (tertiary/aromatic N) is 2. The topological polar surface area (TPSA) is 79.0 Å². The Bertz CT molecular complexity index is 1250. The summed E-state index contributed by atoms with van der Waals surface area (Å²) in [5.74, 6) is 0.376. The van der Waals surface area contributed by atoms with Gasteiger partial charge in [-0.15, -0.1) is 0 Å². The number of nitrogens with one attached hydrogen (secondary N) is 1. The van der Waals surface area contributed by atoms with Crippen LogP contribution < -0.4 is 19.3 Å². The highest BCUT2D eigenvalue weighted by molar-refractivity contribution is 7.92. The molecule has 0 atom stereocenters. The van der Waals surface area contributed by atoms with E-state index in [9.17, 15) is 13.2 Å². The fourth-order valence-electron chi connectivity index (χ4n) is 4.06. The number of sulfonamides is 1. The number of rotatable bonds is 8. The van der Waals surface area contributed by atoms with Crippen molar-refractivity contribution in [3.8, 4) is 5.75 Å². The number of carbonyl (C=O) groups excluding carboxylic acids is 1. The van der Waals surface area contributed by atoms with Crippen molar-refractivity contribution >= 4 is 33.0 Å². The molecule has 33 heavy (non-hydrogen) atoms. The molecule has 0 aromatic heterocycles. The SMILES string of the molecule is CCN(c1ccccc1)S(=O)(=O)c1ccc(OC)c(NCC(=O)N2CCc3ccccc32)c1. The minimum Gasteiger partial charge on any atom is -0.495 e. The van der Waals surface area contributed by atoms with E-state index in [1.807, 2.05) is 30.3 Å². The van der Waals surface area contributed by atoms with E-state index in [0.29, 0.717) is 23.7 Å². The average molecular weight is 466 g/mol. The molecule has 1 aliphatic rings. The van der Waals surface area contributed by atoms with Crippen molar-refractivity contribution in [1.29, 1.82) is 0 Å². The lowest BCUT2D eigenvalue weighted by Gasteiger charge is -2.24. The molecule has 0 radical (unpaired) electrons. The maximum atomic E-state index is 13.4. The van der Waals surface area contributed by atoms with E-state index in [4.69, 9.17) is 4.74 Å². The summed E-state index contributed by atoms with van der Waals surface area (Å²) in [6.07, 6.45) is 0.825. The molecule has 0 aliphatic carbocycles. The van der Waals surface area contributed by atoms with Gasteiger partial charge in [-0.1, -0.05) is 36.4 Å². The monoisotopic (exact) mass is 465 g/mol. The molecular formula is C25H27N3O4S. The molecule has 4 rings (SSSR count). The Morgan fingerprint density at radius 2 is 1.79 bits per heavy atom.